The first-order chi connectivity index (χ1) is 7.97. The highest BCUT2D eigenvalue weighted by Crippen LogP contribution is 2.15. The van der Waals surface area contributed by atoms with Gasteiger partial charge in [0.1, 0.15) is 5.60 Å². The molecular formula is C11H14N4O2. The molecule has 0 saturated carbocycles. The van der Waals surface area contributed by atoms with Gasteiger partial charge < -0.3 is 9.72 Å². The van der Waals surface area contributed by atoms with Crippen LogP contribution >= 0.6 is 0 Å². The molecule has 0 radical (unpaired) electrons. The number of hydrogen-bond donors (Lipinski definition) is 1. The number of carbonyl (C=O) groups excluding carboxylic acids is 1. The largest absolute Gasteiger partial charge is 0.443 e. The van der Waals surface area contributed by atoms with Gasteiger partial charge in [-0.05, 0) is 20.8 Å². The summed E-state index contributed by atoms with van der Waals surface area (Å²) in [7, 11) is 0. The predicted octanol–water partition coefficient (Wildman–Crippen LogP) is 2.06. The van der Waals surface area contributed by atoms with Crippen LogP contribution in [0, 0.1) is 0 Å². The van der Waals surface area contributed by atoms with Gasteiger partial charge >= 0.3 is 6.09 Å². The monoisotopic (exact) mass is 234 g/mol. The van der Waals surface area contributed by atoms with Crippen molar-refractivity contribution in [2.45, 2.75) is 26.4 Å². The van der Waals surface area contributed by atoms with E-state index in [4.69, 9.17) is 4.74 Å². The van der Waals surface area contributed by atoms with E-state index in [9.17, 15) is 4.79 Å². The third-order valence-corrected chi connectivity index (χ3v) is 1.94. The SMILES string of the molecule is CC(C)(C)OC(=O)n1ccnc1-c1ncc[nH]1. The van der Waals surface area contributed by atoms with Crippen molar-refractivity contribution in [1.82, 2.24) is 19.5 Å². The minimum absolute atomic E-state index is 0.434. The number of aromatic nitrogens is 4. The molecule has 2 aromatic heterocycles. The summed E-state index contributed by atoms with van der Waals surface area (Å²) in [5, 5.41) is 0. The first kappa shape index (κ1) is 11.4. The number of rotatable bonds is 1. The molecule has 0 aliphatic rings. The maximum absolute atomic E-state index is 11.9. The van der Waals surface area contributed by atoms with Crippen LogP contribution in [0.5, 0.6) is 0 Å². The van der Waals surface area contributed by atoms with Crippen LogP contribution in [0.15, 0.2) is 24.8 Å². The fourth-order valence-electron chi connectivity index (χ4n) is 1.32. The molecule has 17 heavy (non-hydrogen) atoms. The third-order valence-electron chi connectivity index (χ3n) is 1.94. The molecule has 0 aromatic carbocycles. The normalized spacial score (nSPS) is 11.5. The average molecular weight is 234 g/mol. The second-order valence-corrected chi connectivity index (χ2v) is 4.54. The number of aromatic amines is 1. The lowest BCUT2D eigenvalue weighted by Crippen LogP contribution is -2.27. The van der Waals surface area contributed by atoms with E-state index < -0.39 is 11.7 Å². The summed E-state index contributed by atoms with van der Waals surface area (Å²) >= 11 is 0. The predicted molar refractivity (Wildman–Crippen MR) is 61.4 cm³/mol. The zero-order valence-electron chi connectivity index (χ0n) is 9.97. The number of carbonyl (C=O) groups is 1. The molecule has 90 valence electrons. The van der Waals surface area contributed by atoms with Crippen molar-refractivity contribution in [1.29, 1.82) is 0 Å². The summed E-state index contributed by atoms with van der Waals surface area (Å²) in [5.41, 5.74) is -0.540. The number of nitrogens with zero attached hydrogens (tertiary/aromatic N) is 3. The second kappa shape index (κ2) is 4.04. The third kappa shape index (κ3) is 2.52. The van der Waals surface area contributed by atoms with Gasteiger partial charge in [-0.2, -0.15) is 0 Å². The highest BCUT2D eigenvalue weighted by molar-refractivity contribution is 5.75. The minimum atomic E-state index is -0.540. The molecule has 0 aliphatic heterocycles. The van der Waals surface area contributed by atoms with Crippen LogP contribution in [0.4, 0.5) is 4.79 Å². The molecule has 0 unspecified atom stereocenters. The zero-order chi connectivity index (χ0) is 12.5. The van der Waals surface area contributed by atoms with E-state index in [-0.39, 0.29) is 0 Å². The molecule has 2 rings (SSSR count). The summed E-state index contributed by atoms with van der Waals surface area (Å²) in [6, 6.07) is 0. The summed E-state index contributed by atoms with van der Waals surface area (Å²) in [6.45, 7) is 5.44. The smallest absolute Gasteiger partial charge is 0.420 e. The molecule has 0 fully saturated rings. The van der Waals surface area contributed by atoms with Crippen LogP contribution in [0.25, 0.3) is 11.6 Å². The van der Waals surface area contributed by atoms with E-state index in [0.29, 0.717) is 11.6 Å². The van der Waals surface area contributed by atoms with Crippen LogP contribution in [-0.2, 0) is 4.74 Å². The van der Waals surface area contributed by atoms with Crippen LogP contribution in [0.2, 0.25) is 0 Å². The van der Waals surface area contributed by atoms with E-state index in [1.165, 1.54) is 10.8 Å². The Kier molecular flexibility index (Phi) is 2.71. The molecule has 1 N–H and O–H groups in total. The van der Waals surface area contributed by atoms with Gasteiger partial charge in [-0.3, -0.25) is 0 Å². The first-order valence-electron chi connectivity index (χ1n) is 5.24. The topological polar surface area (TPSA) is 72.8 Å². The molecule has 0 atom stereocenters. The van der Waals surface area contributed by atoms with Crippen LogP contribution in [0.1, 0.15) is 20.8 Å². The molecule has 0 amide bonds. The van der Waals surface area contributed by atoms with Gasteiger partial charge in [-0.15, -0.1) is 0 Å². The maximum Gasteiger partial charge on any atom is 0.420 e. The fourth-order valence-corrected chi connectivity index (χ4v) is 1.32. The Morgan fingerprint density at radius 2 is 2.12 bits per heavy atom. The quantitative estimate of drug-likeness (QED) is 0.819. The zero-order valence-corrected chi connectivity index (χ0v) is 9.97. The van der Waals surface area contributed by atoms with Gasteiger partial charge in [-0.25, -0.2) is 19.3 Å². The van der Waals surface area contributed by atoms with Crippen molar-refractivity contribution >= 4 is 6.09 Å². The Morgan fingerprint density at radius 3 is 2.71 bits per heavy atom. The van der Waals surface area contributed by atoms with Gasteiger partial charge in [0.15, 0.2) is 11.6 Å². The van der Waals surface area contributed by atoms with Gasteiger partial charge in [0.25, 0.3) is 0 Å². The lowest BCUT2D eigenvalue weighted by atomic mass is 10.2. The summed E-state index contributed by atoms with van der Waals surface area (Å²) < 4.78 is 6.59. The average Bonchev–Trinajstić information content (AvgIpc) is 2.85. The van der Waals surface area contributed by atoms with Crippen molar-refractivity contribution in [3.8, 4) is 11.6 Å². The highest BCUT2D eigenvalue weighted by atomic mass is 16.6. The number of ether oxygens (including phenoxy) is 1. The van der Waals surface area contributed by atoms with Crippen molar-refractivity contribution < 1.29 is 9.53 Å². The van der Waals surface area contributed by atoms with Crippen molar-refractivity contribution in [3.05, 3.63) is 24.8 Å². The van der Waals surface area contributed by atoms with Gasteiger partial charge in [0, 0.05) is 24.8 Å². The summed E-state index contributed by atoms with van der Waals surface area (Å²) in [6.07, 6.45) is 5.88. The van der Waals surface area contributed by atoms with E-state index in [1.807, 2.05) is 20.8 Å². The number of nitrogens with one attached hydrogen (secondary N) is 1. The summed E-state index contributed by atoms with van der Waals surface area (Å²) in [5.74, 6) is 0.963. The van der Waals surface area contributed by atoms with Crippen LogP contribution in [-0.4, -0.2) is 31.2 Å². The van der Waals surface area contributed by atoms with Crippen molar-refractivity contribution in [2.24, 2.45) is 0 Å². The minimum Gasteiger partial charge on any atom is -0.443 e. The first-order valence-corrected chi connectivity index (χ1v) is 5.24. The Bertz CT molecular complexity index is 508. The molecule has 6 nitrogen and oxygen atoms in total. The van der Waals surface area contributed by atoms with Crippen molar-refractivity contribution in [2.75, 3.05) is 0 Å². The van der Waals surface area contributed by atoms with E-state index in [2.05, 4.69) is 15.0 Å². The summed E-state index contributed by atoms with van der Waals surface area (Å²) in [4.78, 5) is 22.9. The number of imidazole rings is 2. The standard InChI is InChI=1S/C11H14N4O2/c1-11(2,3)17-10(16)15-7-6-14-9(15)8-12-4-5-13-8/h4-7H,1-3H3,(H,12,13). The molecule has 0 spiro atoms. The van der Waals surface area contributed by atoms with E-state index in [0.717, 1.165) is 0 Å². The van der Waals surface area contributed by atoms with Gasteiger partial charge in [0.05, 0.1) is 0 Å². The molecule has 0 aliphatic carbocycles. The maximum atomic E-state index is 11.9. The second-order valence-electron chi connectivity index (χ2n) is 4.54. The lowest BCUT2D eigenvalue weighted by molar-refractivity contribution is 0.0539. The molecule has 6 heteroatoms. The Balaban J connectivity index is 2.29. The Morgan fingerprint density at radius 1 is 1.35 bits per heavy atom. The fraction of sp³-hybridized carbons (Fsp3) is 0.364. The molecule has 2 heterocycles. The van der Waals surface area contributed by atoms with Crippen molar-refractivity contribution in [3.63, 3.8) is 0 Å². The molecule has 0 saturated heterocycles. The Hall–Kier alpha value is -2.11. The number of hydrogen-bond acceptors (Lipinski definition) is 4. The van der Waals surface area contributed by atoms with Crippen LogP contribution in [0.3, 0.4) is 0 Å². The van der Waals surface area contributed by atoms with E-state index in [1.54, 1.807) is 18.6 Å². The highest BCUT2D eigenvalue weighted by Gasteiger charge is 2.21. The van der Waals surface area contributed by atoms with Gasteiger partial charge in [0.2, 0.25) is 0 Å². The molecular weight excluding hydrogens is 220 g/mol. The number of H-pyrrole nitrogens is 1. The lowest BCUT2D eigenvalue weighted by Gasteiger charge is -2.19. The Labute approximate surface area is 98.7 Å². The molecule has 2 aromatic rings. The molecule has 0 bridgehead atoms. The van der Waals surface area contributed by atoms with E-state index >= 15 is 0 Å². The van der Waals surface area contributed by atoms with Crippen LogP contribution < -0.4 is 0 Å². The van der Waals surface area contributed by atoms with Gasteiger partial charge in [-0.1, -0.05) is 0 Å².